The van der Waals surface area contributed by atoms with Crippen molar-refractivity contribution in [3.63, 3.8) is 0 Å². The van der Waals surface area contributed by atoms with Gasteiger partial charge in [-0.2, -0.15) is 4.98 Å². The molecule has 3 rings (SSSR count). The first kappa shape index (κ1) is 25.0. The number of rotatable bonds is 11. The molecule has 3 aromatic rings. The summed E-state index contributed by atoms with van der Waals surface area (Å²) in [5.74, 6) is 0.486. The summed E-state index contributed by atoms with van der Waals surface area (Å²) in [6, 6.07) is 11.6. The van der Waals surface area contributed by atoms with Gasteiger partial charge in [-0.1, -0.05) is 25.5 Å². The number of anilines is 3. The average molecular weight is 538 g/mol. The average Bonchev–Trinajstić information content (AvgIpc) is 2.81. The zero-order chi connectivity index (χ0) is 23.8. The van der Waals surface area contributed by atoms with Gasteiger partial charge in [-0.25, -0.2) is 22.5 Å². The fraction of sp³-hybridized carbons (Fsp3) is 0.273. The molecule has 0 radical (unpaired) electrons. The standard InChI is InChI=1S/C22H25BrFN5O3S/c1-2-3-18(14-30)27-21-20(23)13-25-22(29-21)28-17-8-10-19(11-9-17)33(31,32)26-12-15-4-6-16(24)7-5-15/h4-11,13,18,26,30H,2-3,12,14H2,1H3,(H2,25,27,28,29)/t18-/m1/s1. The van der Waals surface area contributed by atoms with E-state index in [1.54, 1.807) is 18.3 Å². The molecule has 1 heterocycles. The minimum absolute atomic E-state index is 0.0157. The van der Waals surface area contributed by atoms with E-state index in [0.29, 0.717) is 27.5 Å². The van der Waals surface area contributed by atoms with Crippen LogP contribution >= 0.6 is 15.9 Å². The summed E-state index contributed by atoms with van der Waals surface area (Å²) >= 11 is 3.40. The normalized spacial score (nSPS) is 12.4. The third-order valence-corrected chi connectivity index (χ3v) is 6.74. The summed E-state index contributed by atoms with van der Waals surface area (Å²) in [5, 5.41) is 15.7. The van der Waals surface area contributed by atoms with E-state index in [1.807, 2.05) is 6.92 Å². The number of benzene rings is 2. The van der Waals surface area contributed by atoms with E-state index in [-0.39, 0.29) is 29.9 Å². The van der Waals surface area contributed by atoms with Gasteiger partial charge in [0.2, 0.25) is 16.0 Å². The van der Waals surface area contributed by atoms with Gasteiger partial charge in [0.25, 0.3) is 0 Å². The largest absolute Gasteiger partial charge is 0.394 e. The number of nitrogens with zero attached hydrogens (tertiary/aromatic N) is 2. The molecular formula is C22H25BrFN5O3S. The third kappa shape index (κ3) is 7.19. The maximum Gasteiger partial charge on any atom is 0.240 e. The second-order valence-corrected chi connectivity index (χ2v) is 9.92. The highest BCUT2D eigenvalue weighted by molar-refractivity contribution is 9.10. The van der Waals surface area contributed by atoms with Gasteiger partial charge in [0.1, 0.15) is 11.6 Å². The Morgan fingerprint density at radius 3 is 2.45 bits per heavy atom. The lowest BCUT2D eigenvalue weighted by molar-refractivity contribution is 0.268. The summed E-state index contributed by atoms with van der Waals surface area (Å²) < 4.78 is 41.2. The zero-order valence-electron chi connectivity index (χ0n) is 17.9. The van der Waals surface area contributed by atoms with Crippen molar-refractivity contribution < 1.29 is 17.9 Å². The van der Waals surface area contributed by atoms with Gasteiger partial charge in [-0.05, 0) is 64.3 Å². The van der Waals surface area contributed by atoms with Crippen LogP contribution in [0.3, 0.4) is 0 Å². The Kier molecular flexibility index (Phi) is 8.73. The molecule has 0 bridgehead atoms. The van der Waals surface area contributed by atoms with Crippen LogP contribution in [0, 0.1) is 5.82 Å². The Balaban J connectivity index is 1.66. The topological polar surface area (TPSA) is 116 Å². The van der Waals surface area contributed by atoms with Crippen LogP contribution < -0.4 is 15.4 Å². The predicted octanol–water partition coefficient (Wildman–Crippen LogP) is 4.17. The highest BCUT2D eigenvalue weighted by Crippen LogP contribution is 2.24. The summed E-state index contributed by atoms with van der Waals surface area (Å²) in [4.78, 5) is 8.75. The Morgan fingerprint density at radius 2 is 1.82 bits per heavy atom. The number of aliphatic hydroxyl groups excluding tert-OH is 1. The molecule has 176 valence electrons. The van der Waals surface area contributed by atoms with Crippen molar-refractivity contribution in [2.24, 2.45) is 0 Å². The number of nitrogens with one attached hydrogen (secondary N) is 3. The number of aliphatic hydroxyl groups is 1. The van der Waals surface area contributed by atoms with Crippen LogP contribution in [-0.4, -0.2) is 36.1 Å². The van der Waals surface area contributed by atoms with Crippen LogP contribution in [0.25, 0.3) is 0 Å². The van der Waals surface area contributed by atoms with Crippen molar-refractivity contribution in [3.8, 4) is 0 Å². The van der Waals surface area contributed by atoms with E-state index < -0.39 is 10.0 Å². The molecule has 0 spiro atoms. The fourth-order valence-corrected chi connectivity index (χ4v) is 4.31. The van der Waals surface area contributed by atoms with Gasteiger partial charge >= 0.3 is 0 Å². The Labute approximate surface area is 200 Å². The molecule has 0 amide bonds. The summed E-state index contributed by atoms with van der Waals surface area (Å²) in [5.41, 5.74) is 1.26. The molecule has 0 aliphatic rings. The number of hydrogen-bond donors (Lipinski definition) is 4. The lowest BCUT2D eigenvalue weighted by atomic mass is 10.2. The molecular weight excluding hydrogens is 513 g/mol. The van der Waals surface area contributed by atoms with Crippen molar-refractivity contribution in [2.75, 3.05) is 17.2 Å². The molecule has 0 saturated heterocycles. The molecule has 0 aliphatic heterocycles. The van der Waals surface area contributed by atoms with Gasteiger partial charge in [0.05, 0.1) is 22.0 Å². The molecule has 2 aromatic carbocycles. The Bertz CT molecular complexity index is 1160. The third-order valence-electron chi connectivity index (χ3n) is 4.74. The van der Waals surface area contributed by atoms with E-state index in [0.717, 1.165) is 12.8 Å². The summed E-state index contributed by atoms with van der Waals surface area (Å²) in [7, 11) is -3.74. The van der Waals surface area contributed by atoms with E-state index in [9.17, 15) is 17.9 Å². The minimum Gasteiger partial charge on any atom is -0.394 e. The van der Waals surface area contributed by atoms with Gasteiger partial charge in [-0.3, -0.25) is 0 Å². The minimum atomic E-state index is -3.74. The SMILES string of the molecule is CCC[C@H](CO)Nc1nc(Nc2ccc(S(=O)(=O)NCc3ccc(F)cc3)cc2)ncc1Br. The highest BCUT2D eigenvalue weighted by atomic mass is 79.9. The summed E-state index contributed by atoms with van der Waals surface area (Å²) in [6.45, 7) is 2.07. The van der Waals surface area contributed by atoms with Crippen molar-refractivity contribution in [1.29, 1.82) is 0 Å². The molecule has 0 unspecified atom stereocenters. The molecule has 0 fully saturated rings. The van der Waals surface area contributed by atoms with Crippen LogP contribution in [0.4, 0.5) is 21.8 Å². The molecule has 0 saturated carbocycles. The van der Waals surface area contributed by atoms with Crippen LogP contribution in [-0.2, 0) is 16.6 Å². The van der Waals surface area contributed by atoms with Crippen molar-refractivity contribution >= 4 is 43.4 Å². The second-order valence-electron chi connectivity index (χ2n) is 7.30. The molecule has 1 atom stereocenters. The van der Waals surface area contributed by atoms with E-state index >= 15 is 0 Å². The van der Waals surface area contributed by atoms with Crippen LogP contribution in [0.1, 0.15) is 25.3 Å². The van der Waals surface area contributed by atoms with E-state index in [2.05, 4.69) is 41.3 Å². The lowest BCUT2D eigenvalue weighted by Crippen LogP contribution is -2.24. The highest BCUT2D eigenvalue weighted by Gasteiger charge is 2.15. The van der Waals surface area contributed by atoms with Crippen molar-refractivity contribution in [1.82, 2.24) is 14.7 Å². The molecule has 33 heavy (non-hydrogen) atoms. The predicted molar refractivity (Wildman–Crippen MR) is 129 cm³/mol. The monoisotopic (exact) mass is 537 g/mol. The first-order valence-corrected chi connectivity index (χ1v) is 12.6. The van der Waals surface area contributed by atoms with Crippen LogP contribution in [0.2, 0.25) is 0 Å². The smallest absolute Gasteiger partial charge is 0.240 e. The quantitative estimate of drug-likeness (QED) is 0.290. The van der Waals surface area contributed by atoms with E-state index in [4.69, 9.17) is 0 Å². The number of sulfonamides is 1. The van der Waals surface area contributed by atoms with Gasteiger partial charge in [0.15, 0.2) is 0 Å². The molecule has 11 heteroatoms. The Hall–Kier alpha value is -2.60. The molecule has 4 N–H and O–H groups in total. The zero-order valence-corrected chi connectivity index (χ0v) is 20.3. The maximum atomic E-state index is 13.0. The molecule has 1 aromatic heterocycles. The Morgan fingerprint density at radius 1 is 1.12 bits per heavy atom. The number of hydrogen-bond acceptors (Lipinski definition) is 7. The first-order valence-electron chi connectivity index (χ1n) is 10.3. The fourth-order valence-electron chi connectivity index (χ4n) is 2.99. The maximum absolute atomic E-state index is 13.0. The van der Waals surface area contributed by atoms with E-state index in [1.165, 1.54) is 36.4 Å². The van der Waals surface area contributed by atoms with Crippen LogP contribution in [0.15, 0.2) is 64.1 Å². The molecule has 8 nitrogen and oxygen atoms in total. The van der Waals surface area contributed by atoms with Crippen molar-refractivity contribution in [2.45, 2.75) is 37.2 Å². The second kappa shape index (κ2) is 11.5. The molecule has 0 aliphatic carbocycles. The van der Waals surface area contributed by atoms with Gasteiger partial charge < -0.3 is 15.7 Å². The van der Waals surface area contributed by atoms with Gasteiger partial charge in [-0.15, -0.1) is 0 Å². The lowest BCUT2D eigenvalue weighted by Gasteiger charge is -2.17. The van der Waals surface area contributed by atoms with Crippen LogP contribution in [0.5, 0.6) is 0 Å². The first-order chi connectivity index (χ1) is 15.8. The van der Waals surface area contributed by atoms with Crippen molar-refractivity contribution in [3.05, 3.63) is 70.6 Å². The number of halogens is 2. The van der Waals surface area contributed by atoms with Gasteiger partial charge in [0, 0.05) is 18.4 Å². The number of aromatic nitrogens is 2. The summed E-state index contributed by atoms with van der Waals surface area (Å²) in [6.07, 6.45) is 3.30.